The van der Waals surface area contributed by atoms with Gasteiger partial charge in [0.05, 0.1) is 0 Å². The van der Waals surface area contributed by atoms with Crippen molar-refractivity contribution in [2.24, 2.45) is 5.73 Å². The first-order valence-corrected chi connectivity index (χ1v) is 7.91. The molecule has 118 valence electrons. The lowest BCUT2D eigenvalue weighted by atomic mass is 9.98. The monoisotopic (exact) mass is 304 g/mol. The third-order valence-electron chi connectivity index (χ3n) is 3.75. The summed E-state index contributed by atoms with van der Waals surface area (Å²) in [6, 6.07) is 14.4. The second-order valence-corrected chi connectivity index (χ2v) is 5.47. The van der Waals surface area contributed by atoms with Gasteiger partial charge in [0, 0.05) is 24.9 Å². The SMILES string of the molecule is C=C(Cc1ccc(CN)cc1)C(/C=C\Cc1ccccn1)=C/C. The van der Waals surface area contributed by atoms with Crippen LogP contribution in [0.1, 0.15) is 23.7 Å². The van der Waals surface area contributed by atoms with Gasteiger partial charge in [0.2, 0.25) is 0 Å². The molecule has 1 aromatic heterocycles. The number of nitrogens with zero attached hydrogens (tertiary/aromatic N) is 1. The predicted molar refractivity (Wildman–Crippen MR) is 98.0 cm³/mol. The van der Waals surface area contributed by atoms with Crippen LogP contribution in [0.5, 0.6) is 0 Å². The summed E-state index contributed by atoms with van der Waals surface area (Å²) < 4.78 is 0. The molecule has 23 heavy (non-hydrogen) atoms. The van der Waals surface area contributed by atoms with Gasteiger partial charge in [-0.2, -0.15) is 0 Å². The van der Waals surface area contributed by atoms with E-state index in [-0.39, 0.29) is 0 Å². The first-order chi connectivity index (χ1) is 11.2. The molecule has 0 amide bonds. The maximum atomic E-state index is 5.63. The van der Waals surface area contributed by atoms with E-state index in [1.807, 2.05) is 31.3 Å². The Morgan fingerprint density at radius 1 is 1.13 bits per heavy atom. The largest absolute Gasteiger partial charge is 0.326 e. The highest BCUT2D eigenvalue weighted by Crippen LogP contribution is 2.17. The fourth-order valence-corrected chi connectivity index (χ4v) is 2.39. The molecule has 0 aliphatic carbocycles. The lowest BCUT2D eigenvalue weighted by Crippen LogP contribution is -1.97. The first-order valence-electron chi connectivity index (χ1n) is 7.91. The highest BCUT2D eigenvalue weighted by molar-refractivity contribution is 5.41. The van der Waals surface area contributed by atoms with Crippen LogP contribution in [0.15, 0.2) is 84.6 Å². The fourth-order valence-electron chi connectivity index (χ4n) is 2.39. The van der Waals surface area contributed by atoms with Gasteiger partial charge >= 0.3 is 0 Å². The lowest BCUT2D eigenvalue weighted by Gasteiger charge is -2.08. The Hall–Kier alpha value is -2.45. The van der Waals surface area contributed by atoms with Crippen LogP contribution >= 0.6 is 0 Å². The lowest BCUT2D eigenvalue weighted by molar-refractivity contribution is 1.06. The van der Waals surface area contributed by atoms with E-state index in [9.17, 15) is 0 Å². The van der Waals surface area contributed by atoms with Crippen molar-refractivity contribution in [1.82, 2.24) is 4.98 Å². The Balaban J connectivity index is 1.95. The molecule has 0 saturated heterocycles. The molecule has 0 bridgehead atoms. The quantitative estimate of drug-likeness (QED) is 0.771. The number of hydrogen-bond donors (Lipinski definition) is 1. The molecule has 0 atom stereocenters. The number of hydrogen-bond acceptors (Lipinski definition) is 2. The van der Waals surface area contributed by atoms with Crippen molar-refractivity contribution in [2.45, 2.75) is 26.3 Å². The van der Waals surface area contributed by atoms with Crippen LogP contribution in [0, 0.1) is 0 Å². The van der Waals surface area contributed by atoms with Gasteiger partial charge in [0.15, 0.2) is 0 Å². The molecule has 0 spiro atoms. The van der Waals surface area contributed by atoms with Gasteiger partial charge in [-0.3, -0.25) is 4.98 Å². The summed E-state index contributed by atoms with van der Waals surface area (Å²) in [5, 5.41) is 0. The molecular formula is C21H24N2. The highest BCUT2D eigenvalue weighted by atomic mass is 14.7. The topological polar surface area (TPSA) is 38.9 Å². The standard InChI is InChI=1S/C21H24N2/c1-3-20(7-6-9-21-8-4-5-14-23-21)17(2)15-18-10-12-19(16-22)13-11-18/h3-8,10-14H,2,9,15-16,22H2,1H3/b7-6-,20-3+. The van der Waals surface area contributed by atoms with E-state index >= 15 is 0 Å². The van der Waals surface area contributed by atoms with E-state index in [0.29, 0.717) is 6.54 Å². The third-order valence-corrected chi connectivity index (χ3v) is 3.75. The maximum Gasteiger partial charge on any atom is 0.0441 e. The summed E-state index contributed by atoms with van der Waals surface area (Å²) in [6.45, 7) is 6.86. The van der Waals surface area contributed by atoms with E-state index in [0.717, 1.165) is 29.7 Å². The minimum atomic E-state index is 0.581. The van der Waals surface area contributed by atoms with Gasteiger partial charge in [-0.1, -0.05) is 55.1 Å². The average Bonchev–Trinajstić information content (AvgIpc) is 2.60. The zero-order chi connectivity index (χ0) is 16.5. The van der Waals surface area contributed by atoms with Crippen molar-refractivity contribution in [3.05, 3.63) is 101 Å². The summed E-state index contributed by atoms with van der Waals surface area (Å²) in [5.74, 6) is 0. The highest BCUT2D eigenvalue weighted by Gasteiger charge is 2.01. The Morgan fingerprint density at radius 2 is 1.87 bits per heavy atom. The van der Waals surface area contributed by atoms with E-state index in [1.165, 1.54) is 11.1 Å². The molecular weight excluding hydrogens is 280 g/mol. The normalized spacial score (nSPS) is 11.8. The molecule has 1 aromatic carbocycles. The number of allylic oxidation sites excluding steroid dienone is 5. The molecule has 1 heterocycles. The van der Waals surface area contributed by atoms with Crippen molar-refractivity contribution in [3.63, 3.8) is 0 Å². The maximum absolute atomic E-state index is 5.63. The molecule has 2 N–H and O–H groups in total. The van der Waals surface area contributed by atoms with Crippen LogP contribution in [-0.2, 0) is 19.4 Å². The van der Waals surface area contributed by atoms with E-state index in [1.54, 1.807) is 0 Å². The molecule has 2 heteroatoms. The van der Waals surface area contributed by atoms with Crippen molar-refractivity contribution in [2.75, 3.05) is 0 Å². The minimum absolute atomic E-state index is 0.581. The molecule has 0 aliphatic heterocycles. The zero-order valence-electron chi connectivity index (χ0n) is 13.7. The molecule has 0 aliphatic rings. The van der Waals surface area contributed by atoms with Gasteiger partial charge < -0.3 is 5.73 Å². The van der Waals surface area contributed by atoms with Crippen LogP contribution in [0.3, 0.4) is 0 Å². The van der Waals surface area contributed by atoms with Crippen LogP contribution in [0.2, 0.25) is 0 Å². The smallest absolute Gasteiger partial charge is 0.0441 e. The Kier molecular flexibility index (Phi) is 6.52. The summed E-state index contributed by atoms with van der Waals surface area (Å²) in [4.78, 5) is 4.33. The second-order valence-electron chi connectivity index (χ2n) is 5.47. The number of pyridine rings is 1. The Labute approximate surface area is 139 Å². The predicted octanol–water partition coefficient (Wildman–Crippen LogP) is 4.38. The van der Waals surface area contributed by atoms with Crippen LogP contribution in [0.25, 0.3) is 0 Å². The fraction of sp³-hybridized carbons (Fsp3) is 0.190. The van der Waals surface area contributed by atoms with Gasteiger partial charge in [-0.25, -0.2) is 0 Å². The van der Waals surface area contributed by atoms with Crippen molar-refractivity contribution >= 4 is 0 Å². The molecule has 0 fully saturated rings. The van der Waals surface area contributed by atoms with E-state index < -0.39 is 0 Å². The van der Waals surface area contributed by atoms with Gasteiger partial charge in [0.1, 0.15) is 0 Å². The number of rotatable bonds is 7. The van der Waals surface area contributed by atoms with Gasteiger partial charge in [-0.05, 0) is 47.8 Å². The van der Waals surface area contributed by atoms with E-state index in [4.69, 9.17) is 5.73 Å². The molecule has 0 radical (unpaired) electrons. The summed E-state index contributed by atoms with van der Waals surface area (Å²) >= 11 is 0. The number of aromatic nitrogens is 1. The molecule has 0 saturated carbocycles. The van der Waals surface area contributed by atoms with Crippen molar-refractivity contribution in [1.29, 1.82) is 0 Å². The van der Waals surface area contributed by atoms with Gasteiger partial charge in [-0.15, -0.1) is 0 Å². The average molecular weight is 304 g/mol. The Bertz CT molecular complexity index is 680. The third kappa shape index (κ3) is 5.35. The Morgan fingerprint density at radius 3 is 2.48 bits per heavy atom. The summed E-state index contributed by atoms with van der Waals surface area (Å²) in [6.07, 6.45) is 9.87. The summed E-state index contributed by atoms with van der Waals surface area (Å²) in [7, 11) is 0. The molecule has 0 unspecified atom stereocenters. The van der Waals surface area contributed by atoms with Crippen LogP contribution in [-0.4, -0.2) is 4.98 Å². The van der Waals surface area contributed by atoms with Crippen molar-refractivity contribution in [3.8, 4) is 0 Å². The van der Waals surface area contributed by atoms with Crippen molar-refractivity contribution < 1.29 is 0 Å². The van der Waals surface area contributed by atoms with Crippen LogP contribution in [0.4, 0.5) is 0 Å². The number of nitrogens with two attached hydrogens (primary N) is 1. The van der Waals surface area contributed by atoms with Gasteiger partial charge in [0.25, 0.3) is 0 Å². The minimum Gasteiger partial charge on any atom is -0.326 e. The van der Waals surface area contributed by atoms with Crippen LogP contribution < -0.4 is 5.73 Å². The zero-order valence-corrected chi connectivity index (χ0v) is 13.7. The molecule has 2 nitrogen and oxygen atoms in total. The second kappa shape index (κ2) is 8.86. The summed E-state index contributed by atoms with van der Waals surface area (Å²) in [5.41, 5.74) is 11.4. The molecule has 2 aromatic rings. The number of benzene rings is 1. The molecule has 2 rings (SSSR count). The first kappa shape index (κ1) is 16.9. The van der Waals surface area contributed by atoms with E-state index in [2.05, 4.69) is 54.1 Å².